The van der Waals surface area contributed by atoms with Gasteiger partial charge in [0.25, 0.3) is 0 Å². The molecule has 7 nitrogen and oxygen atoms in total. The number of aromatic nitrogens is 1. The van der Waals surface area contributed by atoms with Gasteiger partial charge in [-0.05, 0) is 80.8 Å². The van der Waals surface area contributed by atoms with E-state index in [2.05, 4.69) is 4.98 Å². The van der Waals surface area contributed by atoms with Gasteiger partial charge in [-0.2, -0.15) is 30.6 Å². The van der Waals surface area contributed by atoms with Gasteiger partial charge < -0.3 is 9.80 Å². The first-order valence-corrected chi connectivity index (χ1v) is 15.9. The van der Waals surface area contributed by atoms with Crippen molar-refractivity contribution in [2.75, 3.05) is 42.7 Å². The smallest absolute Gasteiger partial charge is 0.351 e. The summed E-state index contributed by atoms with van der Waals surface area (Å²) in [6.45, 7) is 6.60. The summed E-state index contributed by atoms with van der Waals surface area (Å²) in [4.78, 5) is 21.5. The molecule has 1 aliphatic rings. The maximum atomic E-state index is 14.1. The largest absolute Gasteiger partial charge is 0.416 e. The lowest BCUT2D eigenvalue weighted by Gasteiger charge is -2.40. The molecule has 1 fully saturated rings. The summed E-state index contributed by atoms with van der Waals surface area (Å²) in [5.74, 6) is -0.917. The first-order valence-electron chi connectivity index (χ1n) is 14.1. The summed E-state index contributed by atoms with van der Waals surface area (Å²) in [5, 5.41) is 0. The van der Waals surface area contributed by atoms with Crippen LogP contribution in [0.4, 0.5) is 42.2 Å². The number of hydrogen-bond acceptors (Lipinski definition) is 5. The highest BCUT2D eigenvalue weighted by Gasteiger charge is 2.41. The lowest BCUT2D eigenvalue weighted by molar-refractivity contribution is -0.143. The Balaban J connectivity index is 1.81. The molecule has 3 aromatic rings. The Bertz CT molecular complexity index is 1730. The molecule has 1 amide bonds. The predicted molar refractivity (Wildman–Crippen MR) is 160 cm³/mol. The van der Waals surface area contributed by atoms with E-state index >= 15 is 0 Å². The summed E-state index contributed by atoms with van der Waals surface area (Å²) < 4.78 is 121. The van der Waals surface area contributed by atoms with Crippen LogP contribution >= 0.6 is 0 Å². The summed E-state index contributed by atoms with van der Waals surface area (Å²) in [7, 11) is -2.10. The normalized spacial score (nSPS) is 16.9. The van der Waals surface area contributed by atoms with Crippen molar-refractivity contribution in [1.82, 2.24) is 9.29 Å². The Morgan fingerprint density at radius 2 is 1.48 bits per heavy atom. The molecule has 0 aliphatic carbocycles. The van der Waals surface area contributed by atoms with E-state index in [0.717, 1.165) is 11.2 Å². The average molecular weight is 675 g/mol. The molecule has 0 spiro atoms. The van der Waals surface area contributed by atoms with Crippen LogP contribution in [0.15, 0.2) is 48.7 Å². The zero-order valence-electron chi connectivity index (χ0n) is 25.9. The van der Waals surface area contributed by atoms with Gasteiger partial charge in [-0.1, -0.05) is 6.07 Å². The minimum atomic E-state index is -5.10. The van der Waals surface area contributed by atoms with Gasteiger partial charge >= 0.3 is 12.4 Å². The van der Waals surface area contributed by atoms with Crippen molar-refractivity contribution in [3.63, 3.8) is 0 Å². The zero-order valence-corrected chi connectivity index (χ0v) is 26.7. The van der Waals surface area contributed by atoms with Gasteiger partial charge in [0.05, 0.1) is 34.7 Å². The standard InChI is InChI=1S/C31H33F7N4O3S/c1-18-11-23(32)7-8-24(18)25-15-27(42-10-9-41(17-19(42)2)46(6,44)45)39-16-26(25)40(5)28(43)29(3,4)20-12-21(30(33,34)35)14-22(13-20)31(36,37)38/h7-8,11-16,19H,9-10,17H2,1-6H3/t19-/m0/s1. The molecule has 250 valence electrons. The Hall–Kier alpha value is -3.72. The van der Waals surface area contributed by atoms with Gasteiger partial charge in [-0.3, -0.25) is 4.79 Å². The second kappa shape index (κ2) is 12.1. The molecule has 4 rings (SSSR count). The van der Waals surface area contributed by atoms with Crippen LogP contribution in [0.2, 0.25) is 0 Å². The number of pyridine rings is 1. The zero-order chi connectivity index (χ0) is 34.6. The Morgan fingerprint density at radius 1 is 0.913 bits per heavy atom. The van der Waals surface area contributed by atoms with Crippen molar-refractivity contribution in [3.8, 4) is 11.1 Å². The van der Waals surface area contributed by atoms with Gasteiger partial charge in [-0.25, -0.2) is 17.8 Å². The van der Waals surface area contributed by atoms with Gasteiger partial charge in [0.15, 0.2) is 0 Å². The maximum absolute atomic E-state index is 14.1. The topological polar surface area (TPSA) is 73.8 Å². The number of likely N-dealkylation sites (N-methyl/N-ethyl adjacent to an activating group) is 1. The molecular weight excluding hydrogens is 641 g/mol. The van der Waals surface area contributed by atoms with E-state index in [9.17, 15) is 43.9 Å². The van der Waals surface area contributed by atoms with Crippen molar-refractivity contribution in [2.24, 2.45) is 0 Å². The number of sulfonamides is 1. The molecule has 0 radical (unpaired) electrons. The number of piperazine rings is 1. The van der Waals surface area contributed by atoms with E-state index < -0.39 is 56.2 Å². The number of carbonyl (C=O) groups is 1. The third-order valence-corrected chi connectivity index (χ3v) is 9.48. The van der Waals surface area contributed by atoms with Crippen molar-refractivity contribution in [3.05, 3.63) is 76.7 Å². The fraction of sp³-hybridized carbons (Fsp3) is 0.419. The molecule has 1 saturated heterocycles. The number of nitrogens with zero attached hydrogens (tertiary/aromatic N) is 4. The fourth-order valence-electron chi connectivity index (χ4n) is 5.54. The van der Waals surface area contributed by atoms with Gasteiger partial charge in [0.2, 0.25) is 15.9 Å². The lowest BCUT2D eigenvalue weighted by atomic mass is 9.81. The Labute approximate surface area is 262 Å². The molecule has 2 aromatic carbocycles. The molecule has 1 atom stereocenters. The molecule has 46 heavy (non-hydrogen) atoms. The molecule has 0 unspecified atom stereocenters. The first kappa shape index (κ1) is 35.1. The van der Waals surface area contributed by atoms with Crippen LogP contribution in [-0.4, -0.2) is 62.6 Å². The SMILES string of the molecule is Cc1cc(F)ccc1-c1cc(N2CCN(S(C)(=O)=O)C[C@@H]2C)ncc1N(C)C(=O)C(C)(C)c1cc(C(F)(F)F)cc(C(F)(F)F)c1. The van der Waals surface area contributed by atoms with Crippen molar-refractivity contribution < 1.29 is 43.9 Å². The minimum absolute atomic E-state index is 0.00255. The first-order chi connectivity index (χ1) is 21.0. The molecule has 0 N–H and O–H groups in total. The molecule has 0 bridgehead atoms. The quantitative estimate of drug-likeness (QED) is 0.274. The van der Waals surface area contributed by atoms with Crippen molar-refractivity contribution in [1.29, 1.82) is 0 Å². The summed E-state index contributed by atoms with van der Waals surface area (Å²) in [6.07, 6.45) is -7.73. The van der Waals surface area contributed by atoms with Crippen molar-refractivity contribution >= 4 is 27.4 Å². The summed E-state index contributed by atoms with van der Waals surface area (Å²) in [5.41, 5.74) is -3.90. The number of hydrogen-bond donors (Lipinski definition) is 0. The molecule has 0 saturated carbocycles. The number of halogens is 7. The van der Waals surface area contributed by atoms with Crippen LogP contribution in [0, 0.1) is 12.7 Å². The highest BCUT2D eigenvalue weighted by Crippen LogP contribution is 2.41. The van der Waals surface area contributed by atoms with Crippen LogP contribution in [0.3, 0.4) is 0 Å². The lowest BCUT2D eigenvalue weighted by Crippen LogP contribution is -2.53. The third-order valence-electron chi connectivity index (χ3n) is 8.21. The Morgan fingerprint density at radius 3 is 1.98 bits per heavy atom. The summed E-state index contributed by atoms with van der Waals surface area (Å²) in [6, 6.07) is 6.39. The average Bonchev–Trinajstić information content (AvgIpc) is 2.94. The van der Waals surface area contributed by atoms with Crippen LogP contribution in [0.25, 0.3) is 11.1 Å². The predicted octanol–water partition coefficient (Wildman–Crippen LogP) is 6.64. The molecular formula is C31H33F7N4O3S. The molecule has 1 aromatic heterocycles. The Kier molecular flexibility index (Phi) is 9.27. The third kappa shape index (κ3) is 7.14. The van der Waals surface area contributed by atoms with E-state index in [-0.39, 0.29) is 30.9 Å². The fourth-order valence-corrected chi connectivity index (χ4v) is 6.44. The van der Waals surface area contributed by atoms with E-state index in [1.165, 1.54) is 49.6 Å². The van der Waals surface area contributed by atoms with Crippen LogP contribution in [0.5, 0.6) is 0 Å². The van der Waals surface area contributed by atoms with Gasteiger partial charge in [0.1, 0.15) is 11.6 Å². The van der Waals surface area contributed by atoms with Gasteiger partial charge in [-0.15, -0.1) is 0 Å². The monoisotopic (exact) mass is 674 g/mol. The number of alkyl halides is 6. The van der Waals surface area contributed by atoms with Crippen molar-refractivity contribution in [2.45, 2.75) is 51.5 Å². The van der Waals surface area contributed by atoms with Crippen LogP contribution in [0.1, 0.15) is 43.0 Å². The number of aryl methyl sites for hydroxylation is 1. The highest BCUT2D eigenvalue weighted by molar-refractivity contribution is 7.88. The van der Waals surface area contributed by atoms with E-state index in [0.29, 0.717) is 41.2 Å². The molecule has 15 heteroatoms. The molecule has 2 heterocycles. The van der Waals surface area contributed by atoms with Crippen LogP contribution in [-0.2, 0) is 32.6 Å². The van der Waals surface area contributed by atoms with Gasteiger partial charge in [0, 0.05) is 38.3 Å². The second-order valence-electron chi connectivity index (χ2n) is 12.0. The van der Waals surface area contributed by atoms with E-state index in [1.54, 1.807) is 13.0 Å². The number of rotatable bonds is 6. The maximum Gasteiger partial charge on any atom is 0.416 e. The number of benzene rings is 2. The minimum Gasteiger partial charge on any atom is -0.351 e. The van der Waals surface area contributed by atoms with E-state index in [4.69, 9.17) is 0 Å². The highest BCUT2D eigenvalue weighted by atomic mass is 32.2. The number of amides is 1. The molecule has 1 aliphatic heterocycles. The number of anilines is 2. The summed E-state index contributed by atoms with van der Waals surface area (Å²) >= 11 is 0. The number of carbonyl (C=O) groups excluding carboxylic acids is 1. The van der Waals surface area contributed by atoms with E-state index in [1.807, 2.05) is 11.8 Å². The van der Waals surface area contributed by atoms with Crippen LogP contribution < -0.4 is 9.80 Å². The second-order valence-corrected chi connectivity index (χ2v) is 13.9.